The number of nitrogens with zero attached hydrogens (tertiary/aromatic N) is 1. The van der Waals surface area contributed by atoms with Gasteiger partial charge in [0.15, 0.2) is 11.5 Å². The van der Waals surface area contributed by atoms with Crippen molar-refractivity contribution in [3.05, 3.63) is 47.0 Å². The first-order valence-electron chi connectivity index (χ1n) is 9.28. The van der Waals surface area contributed by atoms with Gasteiger partial charge < -0.3 is 14.8 Å². The van der Waals surface area contributed by atoms with E-state index in [-0.39, 0.29) is 12.3 Å². The third-order valence-electron chi connectivity index (χ3n) is 5.08. The first-order chi connectivity index (χ1) is 14.4. The van der Waals surface area contributed by atoms with Crippen LogP contribution in [0, 0.1) is 6.92 Å². The Morgan fingerprint density at radius 2 is 2.07 bits per heavy atom. The van der Waals surface area contributed by atoms with Gasteiger partial charge in [-0.15, -0.1) is 0 Å². The van der Waals surface area contributed by atoms with Crippen LogP contribution in [0.2, 0.25) is 5.02 Å². The summed E-state index contributed by atoms with van der Waals surface area (Å²) in [6.45, 7) is 1.32. The van der Waals surface area contributed by atoms with Gasteiger partial charge in [-0.25, -0.2) is 4.79 Å². The predicted molar refractivity (Wildman–Crippen MR) is 114 cm³/mol. The fourth-order valence-corrected chi connectivity index (χ4v) is 5.20. The van der Waals surface area contributed by atoms with Crippen LogP contribution >= 0.6 is 23.4 Å². The van der Waals surface area contributed by atoms with Gasteiger partial charge in [-0.3, -0.25) is 14.5 Å². The van der Waals surface area contributed by atoms with Gasteiger partial charge in [0.25, 0.3) is 5.91 Å². The second-order valence-corrected chi connectivity index (χ2v) is 8.74. The SMILES string of the molecule is COc1cc(Cl)c(C)cc1NC(=O)COC(=O)[C@]12CCC(=O)N1c1ccccc1S2. The number of aryl methyl sites for hydroxylation is 1. The molecule has 2 heterocycles. The summed E-state index contributed by atoms with van der Waals surface area (Å²) < 4.78 is 10.6. The predicted octanol–water partition coefficient (Wildman–Crippen LogP) is 3.77. The van der Waals surface area contributed by atoms with Crippen LogP contribution in [0.25, 0.3) is 0 Å². The summed E-state index contributed by atoms with van der Waals surface area (Å²) in [5, 5.41) is 3.18. The molecule has 30 heavy (non-hydrogen) atoms. The molecule has 0 bridgehead atoms. The van der Waals surface area contributed by atoms with Crippen molar-refractivity contribution in [1.82, 2.24) is 0 Å². The van der Waals surface area contributed by atoms with Crippen LogP contribution < -0.4 is 15.0 Å². The van der Waals surface area contributed by atoms with Crippen molar-refractivity contribution in [2.24, 2.45) is 0 Å². The van der Waals surface area contributed by atoms with Crippen molar-refractivity contribution < 1.29 is 23.9 Å². The second-order valence-electron chi connectivity index (χ2n) is 7.01. The van der Waals surface area contributed by atoms with Gasteiger partial charge in [-0.2, -0.15) is 0 Å². The molecule has 156 valence electrons. The molecule has 0 aromatic heterocycles. The molecule has 2 amide bonds. The highest BCUT2D eigenvalue weighted by molar-refractivity contribution is 8.02. The molecular formula is C21H19ClN2O5S. The summed E-state index contributed by atoms with van der Waals surface area (Å²) in [6, 6.07) is 10.6. The lowest BCUT2D eigenvalue weighted by molar-refractivity contribution is -0.149. The smallest absolute Gasteiger partial charge is 0.344 e. The Bertz CT molecular complexity index is 1060. The molecule has 4 rings (SSSR count). The number of hydrogen-bond acceptors (Lipinski definition) is 6. The Morgan fingerprint density at radius 1 is 1.30 bits per heavy atom. The number of ether oxygens (including phenoxy) is 2. The molecule has 0 spiro atoms. The maximum Gasteiger partial charge on any atom is 0.344 e. The minimum absolute atomic E-state index is 0.129. The highest BCUT2D eigenvalue weighted by Crippen LogP contribution is 2.56. The van der Waals surface area contributed by atoms with Crippen molar-refractivity contribution >= 4 is 52.5 Å². The number of methoxy groups -OCH3 is 1. The third-order valence-corrected chi connectivity index (χ3v) is 6.94. The molecule has 1 N–H and O–H groups in total. The molecule has 1 atom stereocenters. The first kappa shape index (κ1) is 20.6. The Labute approximate surface area is 182 Å². The number of rotatable bonds is 5. The maximum atomic E-state index is 13.0. The van der Waals surface area contributed by atoms with Gasteiger partial charge in [0.2, 0.25) is 5.91 Å². The van der Waals surface area contributed by atoms with E-state index in [0.29, 0.717) is 28.6 Å². The molecule has 2 aliphatic rings. The molecule has 0 radical (unpaired) electrons. The average Bonchev–Trinajstić information content (AvgIpc) is 3.24. The van der Waals surface area contributed by atoms with E-state index in [1.807, 2.05) is 24.3 Å². The second kappa shape index (κ2) is 7.85. The van der Waals surface area contributed by atoms with E-state index in [0.717, 1.165) is 10.5 Å². The molecule has 0 saturated carbocycles. The van der Waals surface area contributed by atoms with Crippen LogP contribution in [0.5, 0.6) is 5.75 Å². The molecule has 2 aromatic carbocycles. The first-order valence-corrected chi connectivity index (χ1v) is 10.5. The largest absolute Gasteiger partial charge is 0.495 e. The number of esters is 1. The van der Waals surface area contributed by atoms with Gasteiger partial charge in [-0.05, 0) is 30.7 Å². The van der Waals surface area contributed by atoms with E-state index >= 15 is 0 Å². The minimum atomic E-state index is -1.16. The normalized spacial score (nSPS) is 19.3. The van der Waals surface area contributed by atoms with E-state index < -0.39 is 23.4 Å². The van der Waals surface area contributed by atoms with Gasteiger partial charge in [-0.1, -0.05) is 35.5 Å². The maximum absolute atomic E-state index is 13.0. The van der Waals surface area contributed by atoms with Gasteiger partial charge >= 0.3 is 5.97 Å². The highest BCUT2D eigenvalue weighted by Gasteiger charge is 2.58. The van der Waals surface area contributed by atoms with E-state index in [9.17, 15) is 14.4 Å². The minimum Gasteiger partial charge on any atom is -0.495 e. The van der Waals surface area contributed by atoms with Crippen molar-refractivity contribution in [3.8, 4) is 5.75 Å². The van der Waals surface area contributed by atoms with E-state index in [4.69, 9.17) is 21.1 Å². The topological polar surface area (TPSA) is 84.9 Å². The molecule has 1 fully saturated rings. The van der Waals surface area contributed by atoms with Gasteiger partial charge in [0, 0.05) is 28.8 Å². The van der Waals surface area contributed by atoms with Crippen LogP contribution in [0.15, 0.2) is 41.3 Å². The number of carbonyl (C=O) groups is 3. The summed E-state index contributed by atoms with van der Waals surface area (Å²) in [6.07, 6.45) is 0.583. The number of benzene rings is 2. The lowest BCUT2D eigenvalue weighted by Crippen LogP contribution is -2.48. The third kappa shape index (κ3) is 3.40. The zero-order chi connectivity index (χ0) is 21.5. The Morgan fingerprint density at radius 3 is 2.83 bits per heavy atom. The standard InChI is InChI=1S/C21H19ClN2O5S/c1-12-9-14(16(28-2)10-13(12)22)23-18(25)11-29-20(27)21-8-7-19(26)24(21)15-5-3-4-6-17(15)30-21/h3-6,9-10H,7-8,11H2,1-2H3,(H,23,25)/t21-/m1/s1. The quantitative estimate of drug-likeness (QED) is 0.704. The number of nitrogens with one attached hydrogen (secondary N) is 1. The number of hydrogen-bond donors (Lipinski definition) is 1. The van der Waals surface area contributed by atoms with Gasteiger partial charge in [0.1, 0.15) is 5.75 Å². The van der Waals surface area contributed by atoms with Crippen LogP contribution in [0.3, 0.4) is 0 Å². The molecule has 0 aliphatic carbocycles. The lowest BCUT2D eigenvalue weighted by Gasteiger charge is -2.28. The fourth-order valence-electron chi connectivity index (χ4n) is 3.63. The van der Waals surface area contributed by atoms with Gasteiger partial charge in [0.05, 0.1) is 18.5 Å². The Balaban J connectivity index is 1.46. The summed E-state index contributed by atoms with van der Waals surface area (Å²) in [4.78, 5) is 39.0. The summed E-state index contributed by atoms with van der Waals surface area (Å²) in [5.41, 5.74) is 1.90. The molecular weight excluding hydrogens is 428 g/mol. The van der Waals surface area contributed by atoms with E-state index in [2.05, 4.69) is 5.32 Å². The highest BCUT2D eigenvalue weighted by atomic mass is 35.5. The number of halogens is 1. The van der Waals surface area contributed by atoms with Crippen molar-refractivity contribution in [2.75, 3.05) is 23.9 Å². The molecule has 1 saturated heterocycles. The molecule has 2 aliphatic heterocycles. The molecule has 2 aromatic rings. The van der Waals surface area contributed by atoms with Crippen LogP contribution in [-0.4, -0.2) is 36.4 Å². The number of anilines is 2. The lowest BCUT2D eigenvalue weighted by atomic mass is 10.2. The molecule has 7 nitrogen and oxygen atoms in total. The monoisotopic (exact) mass is 446 g/mol. The van der Waals surface area contributed by atoms with Crippen LogP contribution in [0.4, 0.5) is 11.4 Å². The number of carbonyl (C=O) groups excluding carboxylic acids is 3. The number of thioether (sulfide) groups is 1. The van der Waals surface area contributed by atoms with E-state index in [1.54, 1.807) is 19.1 Å². The fraction of sp³-hybridized carbons (Fsp3) is 0.286. The molecule has 9 heteroatoms. The Kier molecular flexibility index (Phi) is 5.38. The van der Waals surface area contributed by atoms with Crippen LogP contribution in [-0.2, 0) is 19.1 Å². The summed E-state index contributed by atoms with van der Waals surface area (Å²) in [5.74, 6) is -0.853. The zero-order valence-electron chi connectivity index (χ0n) is 16.4. The summed E-state index contributed by atoms with van der Waals surface area (Å²) in [7, 11) is 1.47. The molecule has 0 unspecified atom stereocenters. The number of fused-ring (bicyclic) bond motifs is 3. The van der Waals surface area contributed by atoms with Crippen LogP contribution in [0.1, 0.15) is 18.4 Å². The van der Waals surface area contributed by atoms with Crippen molar-refractivity contribution in [2.45, 2.75) is 29.5 Å². The van der Waals surface area contributed by atoms with Crippen molar-refractivity contribution in [1.29, 1.82) is 0 Å². The van der Waals surface area contributed by atoms with Crippen molar-refractivity contribution in [3.63, 3.8) is 0 Å². The summed E-state index contributed by atoms with van der Waals surface area (Å²) >= 11 is 7.38. The number of para-hydroxylation sites is 1. The van der Waals surface area contributed by atoms with E-state index in [1.165, 1.54) is 23.8 Å². The average molecular weight is 447 g/mol. The Hall–Kier alpha value is -2.71. The number of amides is 2. The zero-order valence-corrected chi connectivity index (χ0v) is 17.9.